The van der Waals surface area contributed by atoms with Gasteiger partial charge in [-0.3, -0.25) is 19.2 Å². The molecule has 2 aliphatic rings. The molecule has 0 unspecified atom stereocenters. The normalized spacial score (nSPS) is 18.8. The second-order valence-corrected chi connectivity index (χ2v) is 12.5. The molecule has 236 valence electrons. The fourth-order valence-electron chi connectivity index (χ4n) is 6.51. The Morgan fingerprint density at radius 3 is 2.38 bits per heavy atom. The summed E-state index contributed by atoms with van der Waals surface area (Å²) in [5.41, 5.74) is 1.77. The summed E-state index contributed by atoms with van der Waals surface area (Å²) >= 11 is 0. The molecular formula is C37H42N2O6. The van der Waals surface area contributed by atoms with Gasteiger partial charge in [-0.2, -0.15) is 0 Å². The highest BCUT2D eigenvalue weighted by molar-refractivity contribution is 5.94. The molecule has 3 aromatic carbocycles. The number of carbonyl (C=O) groups is 5. The quantitative estimate of drug-likeness (QED) is 0.244. The number of carbonyl (C=O) groups excluding carboxylic acids is 5. The predicted octanol–water partition coefficient (Wildman–Crippen LogP) is 4.55. The number of benzene rings is 3. The van der Waals surface area contributed by atoms with Crippen LogP contribution in [0.3, 0.4) is 0 Å². The number of nitrogens with one attached hydrogen (secondary N) is 2. The van der Waals surface area contributed by atoms with Crippen molar-refractivity contribution in [1.82, 2.24) is 10.6 Å². The van der Waals surface area contributed by atoms with E-state index in [0.29, 0.717) is 32.3 Å². The van der Waals surface area contributed by atoms with E-state index in [0.717, 1.165) is 41.2 Å². The second kappa shape index (κ2) is 15.7. The Hall–Kier alpha value is -4.17. The summed E-state index contributed by atoms with van der Waals surface area (Å²) in [7, 11) is 0. The third-order valence-corrected chi connectivity index (χ3v) is 9.09. The number of rotatable bonds is 15. The van der Waals surface area contributed by atoms with Gasteiger partial charge < -0.3 is 20.2 Å². The van der Waals surface area contributed by atoms with E-state index in [9.17, 15) is 24.0 Å². The molecular weight excluding hydrogens is 568 g/mol. The van der Waals surface area contributed by atoms with Gasteiger partial charge in [-0.25, -0.2) is 0 Å². The third kappa shape index (κ3) is 8.94. The average molecular weight is 611 g/mol. The van der Waals surface area contributed by atoms with Gasteiger partial charge in [0.25, 0.3) is 0 Å². The zero-order valence-corrected chi connectivity index (χ0v) is 25.6. The van der Waals surface area contributed by atoms with Crippen molar-refractivity contribution in [2.45, 2.75) is 69.9 Å². The summed E-state index contributed by atoms with van der Waals surface area (Å²) in [4.78, 5) is 65.3. The number of fused-ring (bicyclic) bond motifs is 1. The molecule has 2 amide bonds. The molecule has 1 saturated heterocycles. The monoisotopic (exact) mass is 610 g/mol. The van der Waals surface area contributed by atoms with Crippen LogP contribution in [0.2, 0.25) is 0 Å². The van der Waals surface area contributed by atoms with Gasteiger partial charge in [0.05, 0.1) is 31.7 Å². The number of ether oxygens (including phenoxy) is 1. The first kappa shape index (κ1) is 32.2. The Bertz CT molecular complexity index is 1500. The molecule has 5 rings (SSSR count). The van der Waals surface area contributed by atoms with E-state index in [4.69, 9.17) is 4.74 Å². The largest absolute Gasteiger partial charge is 0.381 e. The van der Waals surface area contributed by atoms with Crippen LogP contribution in [-0.2, 0) is 41.6 Å². The van der Waals surface area contributed by atoms with Gasteiger partial charge in [0.1, 0.15) is 12.1 Å². The fraction of sp³-hybridized carbons (Fsp3) is 0.432. The zero-order valence-electron chi connectivity index (χ0n) is 25.6. The molecule has 8 heteroatoms. The Kier molecular flexibility index (Phi) is 11.3. The summed E-state index contributed by atoms with van der Waals surface area (Å²) in [5, 5.41) is 7.86. The molecule has 1 heterocycles. The van der Waals surface area contributed by atoms with Crippen LogP contribution in [0.1, 0.15) is 56.1 Å². The van der Waals surface area contributed by atoms with Crippen LogP contribution in [0.4, 0.5) is 0 Å². The molecule has 0 spiro atoms. The highest BCUT2D eigenvalue weighted by Crippen LogP contribution is 2.27. The van der Waals surface area contributed by atoms with E-state index in [1.165, 1.54) is 0 Å². The smallest absolute Gasteiger partial charge is 0.225 e. The molecule has 0 aromatic heterocycles. The van der Waals surface area contributed by atoms with E-state index in [2.05, 4.69) is 10.6 Å². The van der Waals surface area contributed by atoms with Crippen LogP contribution in [0.15, 0.2) is 72.8 Å². The maximum Gasteiger partial charge on any atom is 0.225 e. The molecule has 2 fully saturated rings. The van der Waals surface area contributed by atoms with Crippen molar-refractivity contribution in [3.05, 3.63) is 83.9 Å². The van der Waals surface area contributed by atoms with Crippen molar-refractivity contribution in [2.75, 3.05) is 13.2 Å². The van der Waals surface area contributed by atoms with Gasteiger partial charge in [-0.05, 0) is 47.6 Å². The van der Waals surface area contributed by atoms with Crippen LogP contribution < -0.4 is 10.6 Å². The first-order valence-corrected chi connectivity index (χ1v) is 16.1. The Labute approximate surface area is 264 Å². The standard InChI is InChI=1S/C37H42N2O6/c40-22-31(19-29-12-5-7-16-34(29)41)38-37(44)30(17-26-23-45-24-26)21-35(42)33(39-36(43)18-25-9-2-1-3-10-25)20-28-14-8-13-27-11-4-6-15-32(27)28/h1-4,6,8-11,13-15,22,26,29-31,33H,5,7,12,16-21,23-24H2,(H,38,44)(H,39,43)/t29-,30+,31-,33-/m0/s1. The van der Waals surface area contributed by atoms with E-state index in [1.807, 2.05) is 72.8 Å². The fourth-order valence-corrected chi connectivity index (χ4v) is 6.51. The maximum atomic E-state index is 14.0. The van der Waals surface area contributed by atoms with Crippen LogP contribution in [0.25, 0.3) is 10.8 Å². The van der Waals surface area contributed by atoms with Gasteiger partial charge >= 0.3 is 0 Å². The first-order chi connectivity index (χ1) is 21.9. The van der Waals surface area contributed by atoms with Crippen molar-refractivity contribution in [2.24, 2.45) is 17.8 Å². The Morgan fingerprint density at radius 1 is 0.889 bits per heavy atom. The van der Waals surface area contributed by atoms with Crippen LogP contribution in [-0.4, -0.2) is 55.0 Å². The molecule has 2 N–H and O–H groups in total. The summed E-state index contributed by atoms with van der Waals surface area (Å²) < 4.78 is 5.34. The van der Waals surface area contributed by atoms with E-state index >= 15 is 0 Å². The van der Waals surface area contributed by atoms with E-state index < -0.39 is 18.0 Å². The van der Waals surface area contributed by atoms with Gasteiger partial charge in [0.15, 0.2) is 5.78 Å². The lowest BCUT2D eigenvalue weighted by atomic mass is 9.83. The maximum absolute atomic E-state index is 14.0. The van der Waals surface area contributed by atoms with Crippen molar-refractivity contribution in [3.8, 4) is 0 Å². The number of Topliss-reactive ketones (excluding diaryl/α,β-unsaturated/α-hetero) is 2. The summed E-state index contributed by atoms with van der Waals surface area (Å²) in [6.07, 6.45) is 4.76. The number of hydrogen-bond donors (Lipinski definition) is 2. The lowest BCUT2D eigenvalue weighted by Crippen LogP contribution is -2.47. The van der Waals surface area contributed by atoms with E-state index in [1.54, 1.807) is 0 Å². The number of hydrogen-bond acceptors (Lipinski definition) is 6. The second-order valence-electron chi connectivity index (χ2n) is 12.5. The lowest BCUT2D eigenvalue weighted by molar-refractivity contribution is -0.135. The minimum Gasteiger partial charge on any atom is -0.381 e. The molecule has 0 bridgehead atoms. The molecule has 1 aliphatic carbocycles. The highest BCUT2D eigenvalue weighted by Gasteiger charge is 2.34. The summed E-state index contributed by atoms with van der Waals surface area (Å²) in [5.74, 6) is -1.55. The molecule has 4 atom stereocenters. The van der Waals surface area contributed by atoms with Crippen LogP contribution in [0, 0.1) is 17.8 Å². The van der Waals surface area contributed by atoms with Gasteiger partial charge in [0, 0.05) is 37.0 Å². The Morgan fingerprint density at radius 2 is 1.64 bits per heavy atom. The highest BCUT2D eigenvalue weighted by atomic mass is 16.5. The zero-order chi connectivity index (χ0) is 31.6. The minimum absolute atomic E-state index is 0.0860. The number of amides is 2. The minimum atomic E-state index is -0.846. The van der Waals surface area contributed by atoms with Gasteiger partial charge in [-0.15, -0.1) is 0 Å². The topological polar surface area (TPSA) is 119 Å². The predicted molar refractivity (Wildman–Crippen MR) is 171 cm³/mol. The van der Waals surface area contributed by atoms with Crippen molar-refractivity contribution in [1.29, 1.82) is 0 Å². The van der Waals surface area contributed by atoms with Crippen molar-refractivity contribution in [3.63, 3.8) is 0 Å². The van der Waals surface area contributed by atoms with Crippen molar-refractivity contribution >= 4 is 40.4 Å². The average Bonchev–Trinajstić information content (AvgIpc) is 3.03. The molecule has 1 saturated carbocycles. The molecule has 3 aromatic rings. The van der Waals surface area contributed by atoms with Crippen molar-refractivity contribution < 1.29 is 28.7 Å². The lowest BCUT2D eigenvalue weighted by Gasteiger charge is -2.31. The third-order valence-electron chi connectivity index (χ3n) is 9.09. The Balaban J connectivity index is 1.33. The van der Waals surface area contributed by atoms with Gasteiger partial charge in [0.2, 0.25) is 11.8 Å². The van der Waals surface area contributed by atoms with Crippen LogP contribution in [0.5, 0.6) is 0 Å². The number of aldehydes is 1. The summed E-state index contributed by atoms with van der Waals surface area (Å²) in [6.45, 7) is 1.03. The summed E-state index contributed by atoms with van der Waals surface area (Å²) in [6, 6.07) is 21.5. The van der Waals surface area contributed by atoms with Gasteiger partial charge in [-0.1, -0.05) is 79.2 Å². The van der Waals surface area contributed by atoms with E-state index in [-0.39, 0.29) is 60.9 Å². The molecule has 45 heavy (non-hydrogen) atoms. The molecule has 1 aliphatic heterocycles. The molecule has 8 nitrogen and oxygen atoms in total. The molecule has 0 radical (unpaired) electrons. The number of ketones is 2. The van der Waals surface area contributed by atoms with Crippen LogP contribution >= 0.6 is 0 Å². The first-order valence-electron chi connectivity index (χ1n) is 16.1. The SMILES string of the molecule is O=C[C@H](C[C@@H]1CCCCC1=O)NC(=O)[C@@H](CC(=O)[C@H](Cc1cccc2ccccc12)NC(=O)Cc1ccccc1)CC1COC1.